The molecule has 0 radical (unpaired) electrons. The van der Waals surface area contributed by atoms with Crippen molar-refractivity contribution in [3.8, 4) is 0 Å². The van der Waals surface area contributed by atoms with Crippen molar-refractivity contribution in [2.45, 2.75) is 31.7 Å². The largest absolute Gasteiger partial charge is 0.381 e. The molecule has 1 saturated heterocycles. The fourth-order valence-electron chi connectivity index (χ4n) is 2.78. The molecule has 0 aromatic heterocycles. The minimum absolute atomic E-state index is 0. The minimum Gasteiger partial charge on any atom is -0.381 e. The van der Waals surface area contributed by atoms with Gasteiger partial charge in [-0.1, -0.05) is 6.07 Å². The highest BCUT2D eigenvalue weighted by atomic mass is 35.5. The van der Waals surface area contributed by atoms with Crippen LogP contribution in [-0.4, -0.2) is 31.1 Å². The van der Waals surface area contributed by atoms with Crippen molar-refractivity contribution in [2.75, 3.05) is 23.8 Å². The van der Waals surface area contributed by atoms with Gasteiger partial charge in [-0.15, -0.1) is 12.4 Å². The first-order chi connectivity index (χ1) is 11.1. The summed E-state index contributed by atoms with van der Waals surface area (Å²) in [5, 5.41) is 5.71. The summed E-state index contributed by atoms with van der Waals surface area (Å²) >= 11 is 0. The molecule has 2 amide bonds. The van der Waals surface area contributed by atoms with Crippen LogP contribution in [0.15, 0.2) is 24.3 Å². The second-order valence-electron chi connectivity index (χ2n) is 6.31. The average Bonchev–Trinajstić information content (AvgIpc) is 3.40. The average molecular weight is 354 g/mol. The highest BCUT2D eigenvalue weighted by molar-refractivity contribution is 5.97. The lowest BCUT2D eigenvalue weighted by Crippen LogP contribution is -2.44. The normalized spacial score (nSPS) is 19.0. The topological polar surface area (TPSA) is 93.5 Å². The predicted molar refractivity (Wildman–Crippen MR) is 95.2 cm³/mol. The molecule has 24 heavy (non-hydrogen) atoms. The van der Waals surface area contributed by atoms with Gasteiger partial charge in [-0.05, 0) is 49.8 Å². The van der Waals surface area contributed by atoms with Crippen LogP contribution in [0.5, 0.6) is 0 Å². The standard InChI is InChI=1S/C17H23N3O3.ClH/c18-15(11-6-8-23-9-7-11)17(22)20-14-3-1-2-13(10-14)19-16(21)12-4-5-12;/h1-3,10-12,15H,4-9,18H2,(H,19,21)(H,20,22);1H. The number of carbonyl (C=O) groups is 2. The molecule has 132 valence electrons. The van der Waals surface area contributed by atoms with Crippen LogP contribution < -0.4 is 16.4 Å². The smallest absolute Gasteiger partial charge is 0.241 e. The number of rotatable bonds is 5. The Morgan fingerprint density at radius 3 is 2.33 bits per heavy atom. The zero-order chi connectivity index (χ0) is 16.2. The van der Waals surface area contributed by atoms with Crippen LogP contribution in [-0.2, 0) is 14.3 Å². The Balaban J connectivity index is 0.00000208. The van der Waals surface area contributed by atoms with E-state index in [4.69, 9.17) is 10.5 Å². The molecule has 7 heteroatoms. The highest BCUT2D eigenvalue weighted by Gasteiger charge is 2.29. The summed E-state index contributed by atoms with van der Waals surface area (Å²) in [6.07, 6.45) is 3.54. The molecule has 1 aromatic carbocycles. The molecular weight excluding hydrogens is 330 g/mol. The highest BCUT2D eigenvalue weighted by Crippen LogP contribution is 2.30. The zero-order valence-corrected chi connectivity index (χ0v) is 14.3. The maximum absolute atomic E-state index is 12.3. The molecule has 4 N–H and O–H groups in total. The first kappa shape index (κ1) is 18.7. The summed E-state index contributed by atoms with van der Waals surface area (Å²) in [7, 11) is 0. The van der Waals surface area contributed by atoms with Crippen LogP contribution in [0, 0.1) is 11.8 Å². The van der Waals surface area contributed by atoms with Crippen LogP contribution in [0.4, 0.5) is 11.4 Å². The van der Waals surface area contributed by atoms with E-state index >= 15 is 0 Å². The number of amides is 2. The van der Waals surface area contributed by atoms with Crippen molar-refractivity contribution in [3.05, 3.63) is 24.3 Å². The van der Waals surface area contributed by atoms with Crippen molar-refractivity contribution in [1.29, 1.82) is 0 Å². The number of hydrogen-bond acceptors (Lipinski definition) is 4. The summed E-state index contributed by atoms with van der Waals surface area (Å²) in [6, 6.07) is 6.63. The second kappa shape index (κ2) is 8.46. The number of ether oxygens (including phenoxy) is 1. The maximum Gasteiger partial charge on any atom is 0.241 e. The summed E-state index contributed by atoms with van der Waals surface area (Å²) in [5.41, 5.74) is 7.41. The Morgan fingerprint density at radius 2 is 1.71 bits per heavy atom. The summed E-state index contributed by atoms with van der Waals surface area (Å²) in [5.74, 6) is 0.159. The second-order valence-corrected chi connectivity index (χ2v) is 6.31. The first-order valence-corrected chi connectivity index (χ1v) is 8.18. The molecule has 1 atom stereocenters. The Hall–Kier alpha value is -1.63. The number of nitrogens with one attached hydrogen (secondary N) is 2. The lowest BCUT2D eigenvalue weighted by Gasteiger charge is -2.26. The lowest BCUT2D eigenvalue weighted by atomic mass is 9.92. The van der Waals surface area contributed by atoms with E-state index in [2.05, 4.69) is 10.6 Å². The van der Waals surface area contributed by atoms with E-state index in [1.807, 2.05) is 6.07 Å². The lowest BCUT2D eigenvalue weighted by molar-refractivity contribution is -0.119. The van der Waals surface area contributed by atoms with Gasteiger partial charge < -0.3 is 21.1 Å². The van der Waals surface area contributed by atoms with Gasteiger partial charge in [0.1, 0.15) is 0 Å². The summed E-state index contributed by atoms with van der Waals surface area (Å²) in [6.45, 7) is 1.32. The molecule has 1 aliphatic heterocycles. The Bertz CT molecular complexity index is 586. The molecule has 6 nitrogen and oxygen atoms in total. The van der Waals surface area contributed by atoms with E-state index in [1.54, 1.807) is 18.2 Å². The predicted octanol–water partition coefficient (Wildman–Crippen LogP) is 2.15. The molecular formula is C17H24ClN3O3. The van der Waals surface area contributed by atoms with E-state index < -0.39 is 6.04 Å². The molecule has 2 aliphatic rings. The van der Waals surface area contributed by atoms with Gasteiger partial charge in [0, 0.05) is 30.5 Å². The molecule has 1 aliphatic carbocycles. The van der Waals surface area contributed by atoms with E-state index in [0.29, 0.717) is 24.6 Å². The van der Waals surface area contributed by atoms with Crippen LogP contribution in [0.1, 0.15) is 25.7 Å². The number of nitrogens with two attached hydrogens (primary N) is 1. The quantitative estimate of drug-likeness (QED) is 0.756. The van der Waals surface area contributed by atoms with Gasteiger partial charge in [0.2, 0.25) is 11.8 Å². The molecule has 1 unspecified atom stereocenters. The van der Waals surface area contributed by atoms with Gasteiger partial charge in [-0.3, -0.25) is 9.59 Å². The SMILES string of the molecule is Cl.NC(C(=O)Nc1cccc(NC(=O)C2CC2)c1)C1CCOCC1. The number of carbonyl (C=O) groups excluding carboxylic acids is 2. The molecule has 1 saturated carbocycles. The van der Waals surface area contributed by atoms with Gasteiger partial charge in [-0.25, -0.2) is 0 Å². The van der Waals surface area contributed by atoms with Crippen molar-refractivity contribution < 1.29 is 14.3 Å². The summed E-state index contributed by atoms with van der Waals surface area (Å²) < 4.78 is 5.30. The van der Waals surface area contributed by atoms with Crippen molar-refractivity contribution in [3.63, 3.8) is 0 Å². The van der Waals surface area contributed by atoms with Gasteiger partial charge in [0.05, 0.1) is 6.04 Å². The third-order valence-corrected chi connectivity index (χ3v) is 4.42. The number of halogens is 1. The van der Waals surface area contributed by atoms with Crippen molar-refractivity contribution in [2.24, 2.45) is 17.6 Å². The van der Waals surface area contributed by atoms with Crippen LogP contribution in [0.25, 0.3) is 0 Å². The minimum atomic E-state index is -0.538. The van der Waals surface area contributed by atoms with Crippen LogP contribution >= 0.6 is 12.4 Å². The van der Waals surface area contributed by atoms with E-state index in [0.717, 1.165) is 25.7 Å². The van der Waals surface area contributed by atoms with Gasteiger partial charge in [-0.2, -0.15) is 0 Å². The fourth-order valence-corrected chi connectivity index (χ4v) is 2.78. The summed E-state index contributed by atoms with van der Waals surface area (Å²) in [4.78, 5) is 24.1. The van der Waals surface area contributed by atoms with E-state index in [9.17, 15) is 9.59 Å². The van der Waals surface area contributed by atoms with Gasteiger partial charge >= 0.3 is 0 Å². The molecule has 1 aromatic rings. The molecule has 3 rings (SSSR count). The van der Waals surface area contributed by atoms with Crippen molar-refractivity contribution >= 4 is 35.6 Å². The van der Waals surface area contributed by atoms with Crippen molar-refractivity contribution in [1.82, 2.24) is 0 Å². The molecule has 1 heterocycles. The third kappa shape index (κ3) is 4.93. The number of anilines is 2. The van der Waals surface area contributed by atoms with E-state index in [-0.39, 0.29) is 36.1 Å². The Morgan fingerprint density at radius 1 is 1.08 bits per heavy atom. The van der Waals surface area contributed by atoms with Crippen LogP contribution in [0.2, 0.25) is 0 Å². The molecule has 0 bridgehead atoms. The number of benzene rings is 1. The van der Waals surface area contributed by atoms with Crippen LogP contribution in [0.3, 0.4) is 0 Å². The fraction of sp³-hybridized carbons (Fsp3) is 0.529. The molecule has 0 spiro atoms. The monoisotopic (exact) mass is 353 g/mol. The number of hydrogen-bond donors (Lipinski definition) is 3. The van der Waals surface area contributed by atoms with Gasteiger partial charge in [0.15, 0.2) is 0 Å². The molecule has 2 fully saturated rings. The Kier molecular flexibility index (Phi) is 6.60. The van der Waals surface area contributed by atoms with Gasteiger partial charge in [0.25, 0.3) is 0 Å². The Labute approximate surface area is 147 Å². The zero-order valence-electron chi connectivity index (χ0n) is 13.5. The van der Waals surface area contributed by atoms with E-state index in [1.165, 1.54) is 0 Å². The third-order valence-electron chi connectivity index (χ3n) is 4.42. The first-order valence-electron chi connectivity index (χ1n) is 8.18. The maximum atomic E-state index is 12.3.